The topological polar surface area (TPSA) is 102 Å². The van der Waals surface area contributed by atoms with Crippen LogP contribution in [0.4, 0.5) is 10.5 Å². The fraction of sp³-hybridized carbons (Fsp3) is 0.471. The number of halogens is 2. The van der Waals surface area contributed by atoms with Gasteiger partial charge in [-0.1, -0.05) is 11.6 Å². The summed E-state index contributed by atoms with van der Waals surface area (Å²) in [4.78, 5) is 37.7. The largest absolute Gasteiger partial charge is 0.444 e. The van der Waals surface area contributed by atoms with Gasteiger partial charge in [-0.25, -0.2) is 4.79 Å². The summed E-state index contributed by atoms with van der Waals surface area (Å²) < 4.78 is 5.82. The molecule has 0 radical (unpaired) electrons. The van der Waals surface area contributed by atoms with Gasteiger partial charge in [0.15, 0.2) is 0 Å². The van der Waals surface area contributed by atoms with Gasteiger partial charge in [-0.2, -0.15) is 0 Å². The number of nitrogens with two attached hydrogens (primary N) is 1. The normalized spacial score (nSPS) is 17.1. The Morgan fingerprint density at radius 2 is 2.00 bits per heavy atom. The lowest BCUT2D eigenvalue weighted by Crippen LogP contribution is -2.36. The molecule has 1 saturated heterocycles. The second-order valence-corrected chi connectivity index (χ2v) is 8.34. The minimum atomic E-state index is -0.681. The molecule has 9 heteroatoms. The zero-order chi connectivity index (χ0) is 19.6. The molecule has 2 rings (SSSR count). The number of hydrogen-bond donors (Lipinski definition) is 2. The summed E-state index contributed by atoms with van der Waals surface area (Å²) in [7, 11) is 0. The minimum Gasteiger partial charge on any atom is -0.444 e. The Morgan fingerprint density at radius 1 is 1.35 bits per heavy atom. The Balaban J connectivity index is 2.07. The van der Waals surface area contributed by atoms with Crippen molar-refractivity contribution < 1.29 is 19.1 Å². The van der Waals surface area contributed by atoms with Crippen LogP contribution in [0.2, 0.25) is 5.02 Å². The van der Waals surface area contributed by atoms with Crippen molar-refractivity contribution in [2.45, 2.75) is 32.8 Å². The molecule has 0 saturated carbocycles. The summed E-state index contributed by atoms with van der Waals surface area (Å²) in [5.74, 6) is -1.40. The molecule has 1 heterocycles. The molecule has 7 nitrogen and oxygen atoms in total. The summed E-state index contributed by atoms with van der Waals surface area (Å²) in [5.41, 5.74) is 5.16. The first kappa shape index (κ1) is 20.5. The Hall–Kier alpha value is -1.80. The second-order valence-electron chi connectivity index (χ2n) is 7.08. The van der Waals surface area contributed by atoms with Crippen molar-refractivity contribution in [1.82, 2.24) is 4.90 Å². The highest BCUT2D eigenvalue weighted by atomic mass is 79.9. The van der Waals surface area contributed by atoms with Gasteiger partial charge in [0.2, 0.25) is 5.91 Å². The number of hydrogen-bond acceptors (Lipinski definition) is 4. The number of rotatable bonds is 3. The summed E-state index contributed by atoms with van der Waals surface area (Å²) in [6.07, 6.45) is 0.0543. The highest BCUT2D eigenvalue weighted by Crippen LogP contribution is 2.30. The number of nitrogens with one attached hydrogen (secondary N) is 1. The number of benzene rings is 1. The molecule has 1 aliphatic rings. The Bertz CT molecular complexity index is 748. The molecule has 1 fully saturated rings. The number of carbonyl (C=O) groups is 3. The van der Waals surface area contributed by atoms with Crippen molar-refractivity contribution in [3.05, 3.63) is 27.2 Å². The van der Waals surface area contributed by atoms with E-state index in [0.29, 0.717) is 22.5 Å². The molecular weight excluding hydrogens is 426 g/mol. The highest BCUT2D eigenvalue weighted by molar-refractivity contribution is 9.10. The number of anilines is 1. The van der Waals surface area contributed by atoms with Gasteiger partial charge in [0.1, 0.15) is 5.60 Å². The summed E-state index contributed by atoms with van der Waals surface area (Å²) in [6, 6.07) is 2.92. The summed E-state index contributed by atoms with van der Waals surface area (Å²) >= 11 is 9.26. The van der Waals surface area contributed by atoms with E-state index in [-0.39, 0.29) is 23.7 Å². The van der Waals surface area contributed by atoms with E-state index in [9.17, 15) is 14.4 Å². The maximum absolute atomic E-state index is 12.5. The molecule has 1 atom stereocenters. The third kappa shape index (κ3) is 5.11. The molecule has 1 aromatic carbocycles. The van der Waals surface area contributed by atoms with E-state index in [0.717, 1.165) is 0 Å². The molecule has 0 spiro atoms. The smallest absolute Gasteiger partial charge is 0.410 e. The van der Waals surface area contributed by atoms with Gasteiger partial charge in [-0.3, -0.25) is 9.59 Å². The third-order valence-corrected chi connectivity index (χ3v) is 4.99. The first-order chi connectivity index (χ1) is 12.0. The Labute approximate surface area is 165 Å². The van der Waals surface area contributed by atoms with Crippen molar-refractivity contribution >= 4 is 51.1 Å². The van der Waals surface area contributed by atoms with Crippen LogP contribution in [0.1, 0.15) is 37.6 Å². The standard InChI is InChI=1S/C17H21BrClN3O4/c1-17(2,3)26-16(25)22-5-4-9(8-22)15(24)21-13-7-12(19)11(18)6-10(13)14(20)23/h6-7,9H,4-5,8H2,1-3H3,(H2,20,23)(H,21,24). The van der Waals surface area contributed by atoms with Crippen LogP contribution in [0.3, 0.4) is 0 Å². The van der Waals surface area contributed by atoms with Crippen molar-refractivity contribution in [2.24, 2.45) is 11.7 Å². The van der Waals surface area contributed by atoms with Gasteiger partial charge in [0.05, 0.1) is 22.2 Å². The first-order valence-electron chi connectivity index (χ1n) is 8.05. The van der Waals surface area contributed by atoms with Crippen LogP contribution in [0, 0.1) is 5.92 Å². The summed E-state index contributed by atoms with van der Waals surface area (Å²) in [5, 5.41) is 3.03. The maximum atomic E-state index is 12.5. The molecule has 0 aliphatic carbocycles. The molecule has 0 aromatic heterocycles. The quantitative estimate of drug-likeness (QED) is 0.743. The average Bonchev–Trinajstić information content (AvgIpc) is 2.98. The molecule has 3 amide bonds. The number of nitrogens with zero attached hydrogens (tertiary/aromatic N) is 1. The molecule has 1 aliphatic heterocycles. The van der Waals surface area contributed by atoms with Crippen molar-refractivity contribution in [1.29, 1.82) is 0 Å². The van der Waals surface area contributed by atoms with Gasteiger partial charge < -0.3 is 20.7 Å². The molecule has 1 unspecified atom stereocenters. The number of carbonyl (C=O) groups excluding carboxylic acids is 3. The molecule has 1 aromatic rings. The molecule has 142 valence electrons. The lowest BCUT2D eigenvalue weighted by atomic mass is 10.1. The van der Waals surface area contributed by atoms with Gasteiger partial charge in [-0.15, -0.1) is 0 Å². The molecular formula is C17H21BrClN3O4. The summed E-state index contributed by atoms with van der Waals surface area (Å²) in [6.45, 7) is 6.03. The van der Waals surface area contributed by atoms with E-state index in [1.54, 1.807) is 20.8 Å². The predicted molar refractivity (Wildman–Crippen MR) is 102 cm³/mol. The van der Waals surface area contributed by atoms with Gasteiger partial charge in [0, 0.05) is 17.6 Å². The SMILES string of the molecule is CC(C)(C)OC(=O)N1CCC(C(=O)Nc2cc(Cl)c(Br)cc2C(N)=O)C1. The Kier molecular flexibility index (Phi) is 6.18. The third-order valence-electron chi connectivity index (χ3n) is 3.79. The zero-order valence-corrected chi connectivity index (χ0v) is 17.1. The van der Waals surface area contributed by atoms with Crippen LogP contribution in [0.25, 0.3) is 0 Å². The van der Waals surface area contributed by atoms with E-state index in [1.165, 1.54) is 17.0 Å². The molecule has 0 bridgehead atoms. The van der Waals surface area contributed by atoms with Crippen LogP contribution < -0.4 is 11.1 Å². The van der Waals surface area contributed by atoms with Gasteiger partial charge in [0.25, 0.3) is 5.91 Å². The minimum absolute atomic E-state index is 0.150. The van der Waals surface area contributed by atoms with E-state index in [4.69, 9.17) is 22.1 Å². The van der Waals surface area contributed by atoms with Gasteiger partial charge >= 0.3 is 6.09 Å². The van der Waals surface area contributed by atoms with Gasteiger partial charge in [-0.05, 0) is 55.3 Å². The highest BCUT2D eigenvalue weighted by Gasteiger charge is 2.33. The zero-order valence-electron chi connectivity index (χ0n) is 14.8. The van der Waals surface area contributed by atoms with Crippen LogP contribution in [0.15, 0.2) is 16.6 Å². The first-order valence-corrected chi connectivity index (χ1v) is 9.22. The lowest BCUT2D eigenvalue weighted by molar-refractivity contribution is -0.119. The molecule has 3 N–H and O–H groups in total. The van der Waals surface area contributed by atoms with Crippen LogP contribution in [-0.2, 0) is 9.53 Å². The van der Waals surface area contributed by atoms with Crippen LogP contribution in [-0.4, -0.2) is 41.5 Å². The van der Waals surface area contributed by atoms with Crippen LogP contribution >= 0.6 is 27.5 Å². The number of primary amides is 1. The van der Waals surface area contributed by atoms with E-state index < -0.39 is 23.5 Å². The predicted octanol–water partition coefficient (Wildman–Crippen LogP) is 3.40. The van der Waals surface area contributed by atoms with Crippen LogP contribution in [0.5, 0.6) is 0 Å². The van der Waals surface area contributed by atoms with Crippen molar-refractivity contribution in [3.8, 4) is 0 Å². The molecule has 26 heavy (non-hydrogen) atoms. The fourth-order valence-corrected chi connectivity index (χ4v) is 3.06. The Morgan fingerprint density at radius 3 is 2.58 bits per heavy atom. The second kappa shape index (κ2) is 7.84. The monoisotopic (exact) mass is 445 g/mol. The fourth-order valence-electron chi connectivity index (χ4n) is 2.56. The lowest BCUT2D eigenvalue weighted by Gasteiger charge is -2.24. The number of ether oxygens (including phenoxy) is 1. The van der Waals surface area contributed by atoms with Crippen molar-refractivity contribution in [3.63, 3.8) is 0 Å². The number of amides is 3. The van der Waals surface area contributed by atoms with Crippen molar-refractivity contribution in [2.75, 3.05) is 18.4 Å². The van der Waals surface area contributed by atoms with E-state index in [1.807, 2.05) is 0 Å². The maximum Gasteiger partial charge on any atom is 0.410 e. The van der Waals surface area contributed by atoms with E-state index in [2.05, 4.69) is 21.2 Å². The number of likely N-dealkylation sites (tertiary alicyclic amines) is 1. The van der Waals surface area contributed by atoms with E-state index >= 15 is 0 Å². The average molecular weight is 447 g/mol.